The van der Waals surface area contributed by atoms with Gasteiger partial charge in [-0.25, -0.2) is 8.42 Å². The lowest BCUT2D eigenvalue weighted by molar-refractivity contribution is 0.428. The van der Waals surface area contributed by atoms with Crippen molar-refractivity contribution < 1.29 is 8.42 Å². The monoisotopic (exact) mass is 402 g/mol. The summed E-state index contributed by atoms with van der Waals surface area (Å²) >= 11 is 1.84. The number of rotatable bonds is 5. The molecule has 0 saturated heterocycles. The van der Waals surface area contributed by atoms with Gasteiger partial charge < -0.3 is 5.32 Å². The van der Waals surface area contributed by atoms with Gasteiger partial charge in [0.15, 0.2) is 0 Å². The van der Waals surface area contributed by atoms with Crippen LogP contribution in [0.1, 0.15) is 47.5 Å². The van der Waals surface area contributed by atoms with E-state index in [1.165, 1.54) is 14.1 Å². The highest BCUT2D eigenvalue weighted by Crippen LogP contribution is 2.51. The van der Waals surface area contributed by atoms with E-state index in [2.05, 4.69) is 36.5 Å². The summed E-state index contributed by atoms with van der Waals surface area (Å²) < 4.78 is 27.4. The molecule has 0 radical (unpaired) electrons. The van der Waals surface area contributed by atoms with Gasteiger partial charge in [0.1, 0.15) is 0 Å². The molecule has 0 spiro atoms. The van der Waals surface area contributed by atoms with E-state index in [0.717, 1.165) is 17.7 Å². The second-order valence-corrected chi connectivity index (χ2v) is 10.5. The van der Waals surface area contributed by atoms with Crippen LogP contribution in [-0.4, -0.2) is 25.8 Å². The quantitative estimate of drug-likeness (QED) is 0.723. The number of hydrogen-bond acceptors (Lipinski definition) is 4. The van der Waals surface area contributed by atoms with Crippen LogP contribution in [0, 0.1) is 12.8 Å². The fourth-order valence-corrected chi connectivity index (χ4v) is 6.85. The molecular weight excluding hydrogens is 376 g/mol. The lowest BCUT2D eigenvalue weighted by Crippen LogP contribution is -2.32. The Bertz CT molecular complexity index is 974. The topological polar surface area (TPSA) is 49.4 Å². The molecule has 4 nitrogen and oxygen atoms in total. The summed E-state index contributed by atoms with van der Waals surface area (Å²) in [7, 11) is -3.44. The largest absolute Gasteiger partial charge is 0.377 e. The Hall–Kier alpha value is -1.63. The molecule has 144 valence electrons. The summed E-state index contributed by atoms with van der Waals surface area (Å²) in [5.74, 6) is 0.697. The Kier molecular flexibility index (Phi) is 4.91. The van der Waals surface area contributed by atoms with Crippen LogP contribution in [0.25, 0.3) is 0 Å². The van der Waals surface area contributed by atoms with Crippen LogP contribution in [0.4, 0.5) is 5.69 Å². The smallest absolute Gasteiger partial charge is 0.243 e. The first-order chi connectivity index (χ1) is 13.0. The molecule has 6 heteroatoms. The van der Waals surface area contributed by atoms with Gasteiger partial charge in [0, 0.05) is 34.4 Å². The second kappa shape index (κ2) is 7.08. The molecule has 3 unspecified atom stereocenters. The first-order valence-corrected chi connectivity index (χ1v) is 11.8. The number of benzene rings is 1. The molecule has 2 heterocycles. The van der Waals surface area contributed by atoms with Crippen molar-refractivity contribution in [2.24, 2.45) is 5.92 Å². The van der Waals surface area contributed by atoms with Crippen LogP contribution in [0.15, 0.2) is 47.4 Å². The molecule has 2 aliphatic rings. The SMILES string of the molecule is CCN(CC)S(=O)(=O)c1ccc2c(c1)C1C=CCC1C(c1ccc(C)s1)N2. The summed E-state index contributed by atoms with van der Waals surface area (Å²) in [5.41, 5.74) is 2.16. The molecule has 0 bridgehead atoms. The van der Waals surface area contributed by atoms with E-state index < -0.39 is 10.0 Å². The fraction of sp³-hybridized carbons (Fsp3) is 0.429. The molecular formula is C21H26N2O2S2. The van der Waals surface area contributed by atoms with Gasteiger partial charge in [0.2, 0.25) is 10.0 Å². The molecule has 0 amide bonds. The molecule has 1 aliphatic heterocycles. The molecule has 27 heavy (non-hydrogen) atoms. The number of hydrogen-bond donors (Lipinski definition) is 1. The van der Waals surface area contributed by atoms with Crippen LogP contribution in [0.5, 0.6) is 0 Å². The molecule has 1 N–H and O–H groups in total. The number of anilines is 1. The lowest BCUT2D eigenvalue weighted by atomic mass is 9.79. The van der Waals surface area contributed by atoms with Gasteiger partial charge in [-0.15, -0.1) is 11.3 Å². The number of sulfonamides is 1. The molecule has 1 aliphatic carbocycles. The summed E-state index contributed by atoms with van der Waals surface area (Å²) in [6.45, 7) is 6.87. The van der Waals surface area contributed by atoms with Crippen molar-refractivity contribution in [2.75, 3.05) is 18.4 Å². The summed E-state index contributed by atoms with van der Waals surface area (Å²) in [4.78, 5) is 3.08. The van der Waals surface area contributed by atoms with Crippen molar-refractivity contribution in [1.82, 2.24) is 4.31 Å². The summed E-state index contributed by atoms with van der Waals surface area (Å²) in [5, 5.41) is 3.70. The first-order valence-electron chi connectivity index (χ1n) is 9.59. The zero-order chi connectivity index (χ0) is 19.2. The van der Waals surface area contributed by atoms with Crippen LogP contribution >= 0.6 is 11.3 Å². The Labute approximate surface area is 166 Å². The molecule has 4 rings (SSSR count). The van der Waals surface area contributed by atoms with Crippen LogP contribution < -0.4 is 5.32 Å². The zero-order valence-electron chi connectivity index (χ0n) is 16.0. The van der Waals surface area contributed by atoms with Crippen molar-refractivity contribution in [2.45, 2.75) is 44.0 Å². The molecule has 2 aromatic rings. The number of nitrogens with one attached hydrogen (secondary N) is 1. The van der Waals surface area contributed by atoms with E-state index in [1.54, 1.807) is 6.07 Å². The fourth-order valence-electron chi connectivity index (χ4n) is 4.35. The van der Waals surface area contributed by atoms with Crippen molar-refractivity contribution in [3.63, 3.8) is 0 Å². The predicted molar refractivity (Wildman–Crippen MR) is 112 cm³/mol. The highest BCUT2D eigenvalue weighted by molar-refractivity contribution is 7.89. The highest BCUT2D eigenvalue weighted by atomic mass is 32.2. The Morgan fingerprint density at radius 2 is 1.96 bits per heavy atom. The second-order valence-electron chi connectivity index (χ2n) is 7.26. The lowest BCUT2D eigenvalue weighted by Gasteiger charge is -2.37. The first kappa shape index (κ1) is 18.7. The third-order valence-corrected chi connectivity index (χ3v) is 8.87. The molecule has 1 aromatic carbocycles. The molecule has 1 aromatic heterocycles. The molecule has 0 fully saturated rings. The van der Waals surface area contributed by atoms with Crippen LogP contribution in [0.2, 0.25) is 0 Å². The molecule has 0 saturated carbocycles. The number of aryl methyl sites for hydroxylation is 1. The number of thiophene rings is 1. The van der Waals surface area contributed by atoms with E-state index in [1.807, 2.05) is 37.3 Å². The van der Waals surface area contributed by atoms with E-state index in [-0.39, 0.29) is 12.0 Å². The highest BCUT2D eigenvalue weighted by Gasteiger charge is 2.39. The number of allylic oxidation sites excluding steroid dienone is 2. The van der Waals surface area contributed by atoms with E-state index in [0.29, 0.717) is 23.9 Å². The van der Waals surface area contributed by atoms with Gasteiger partial charge in [0.05, 0.1) is 10.9 Å². The van der Waals surface area contributed by atoms with Crippen molar-refractivity contribution in [3.05, 3.63) is 57.8 Å². The maximum Gasteiger partial charge on any atom is 0.243 e. The van der Waals surface area contributed by atoms with Crippen molar-refractivity contribution in [1.29, 1.82) is 0 Å². The zero-order valence-corrected chi connectivity index (χ0v) is 17.6. The van der Waals surface area contributed by atoms with Crippen molar-refractivity contribution in [3.8, 4) is 0 Å². The third kappa shape index (κ3) is 3.13. The Morgan fingerprint density at radius 1 is 1.19 bits per heavy atom. The van der Waals surface area contributed by atoms with Crippen LogP contribution in [0.3, 0.4) is 0 Å². The van der Waals surface area contributed by atoms with Gasteiger partial charge in [0.25, 0.3) is 0 Å². The minimum Gasteiger partial charge on any atom is -0.377 e. The Balaban J connectivity index is 1.75. The van der Waals surface area contributed by atoms with Gasteiger partial charge in [-0.1, -0.05) is 26.0 Å². The van der Waals surface area contributed by atoms with E-state index in [9.17, 15) is 8.42 Å². The summed E-state index contributed by atoms with van der Waals surface area (Å²) in [6.07, 6.45) is 5.52. The normalized spacial score (nSPS) is 23.9. The average Bonchev–Trinajstić information content (AvgIpc) is 3.30. The van der Waals surface area contributed by atoms with Gasteiger partial charge in [-0.2, -0.15) is 4.31 Å². The van der Waals surface area contributed by atoms with Crippen LogP contribution in [-0.2, 0) is 10.0 Å². The third-order valence-electron chi connectivity index (χ3n) is 5.75. The molecule has 3 atom stereocenters. The number of fused-ring (bicyclic) bond motifs is 3. The average molecular weight is 403 g/mol. The predicted octanol–water partition coefficient (Wildman–Crippen LogP) is 4.91. The van der Waals surface area contributed by atoms with Gasteiger partial charge >= 0.3 is 0 Å². The van der Waals surface area contributed by atoms with Crippen molar-refractivity contribution >= 4 is 27.0 Å². The van der Waals surface area contributed by atoms with Gasteiger partial charge in [-0.3, -0.25) is 0 Å². The minimum absolute atomic E-state index is 0.264. The standard InChI is InChI=1S/C21H26N2O2S2/c1-4-23(5-2)27(24,25)15-10-11-19-18(13-15)16-7-6-8-17(16)21(22-19)20-12-9-14(3)26-20/h6-7,9-13,16-17,21-22H,4-5,8H2,1-3H3. The minimum atomic E-state index is -3.44. The number of nitrogens with zero attached hydrogens (tertiary/aromatic N) is 1. The maximum absolute atomic E-state index is 13.0. The van der Waals surface area contributed by atoms with Gasteiger partial charge in [-0.05, 0) is 55.2 Å². The maximum atomic E-state index is 13.0. The Morgan fingerprint density at radius 3 is 2.63 bits per heavy atom. The van der Waals surface area contributed by atoms with E-state index >= 15 is 0 Å². The van der Waals surface area contributed by atoms with E-state index in [4.69, 9.17) is 0 Å². The summed E-state index contributed by atoms with van der Waals surface area (Å²) in [6, 6.07) is 10.3.